The molecule has 0 radical (unpaired) electrons. The first-order valence-electron chi connectivity index (χ1n) is 4.96. The number of benzene rings is 1. The Bertz CT molecular complexity index is 474. The Kier molecular flexibility index (Phi) is 3.05. The molecule has 4 nitrogen and oxygen atoms in total. The van der Waals surface area contributed by atoms with Crippen LogP contribution in [0.2, 0.25) is 0 Å². The largest absolute Gasteiger partial charge is 0.352 e. The van der Waals surface area contributed by atoms with Gasteiger partial charge in [0, 0.05) is 14.1 Å². The Morgan fingerprint density at radius 3 is 2.88 bits per heavy atom. The second kappa shape index (κ2) is 4.49. The van der Waals surface area contributed by atoms with Gasteiger partial charge in [-0.05, 0) is 12.1 Å². The highest BCUT2D eigenvalue weighted by molar-refractivity contribution is 7.22. The van der Waals surface area contributed by atoms with E-state index in [-0.39, 0.29) is 12.5 Å². The molecule has 0 unspecified atom stereocenters. The highest BCUT2D eigenvalue weighted by atomic mass is 32.1. The van der Waals surface area contributed by atoms with E-state index in [0.29, 0.717) is 0 Å². The SMILES string of the molecule is CN(C)C(=O)CNc1nc2ccccc2s1. The number of anilines is 1. The van der Waals surface area contributed by atoms with Gasteiger partial charge in [-0.2, -0.15) is 0 Å². The van der Waals surface area contributed by atoms with Gasteiger partial charge in [0.05, 0.1) is 16.8 Å². The van der Waals surface area contributed by atoms with Crippen molar-refractivity contribution >= 4 is 32.6 Å². The van der Waals surface area contributed by atoms with Crippen molar-refractivity contribution < 1.29 is 4.79 Å². The Hall–Kier alpha value is -1.62. The molecule has 84 valence electrons. The lowest BCUT2D eigenvalue weighted by Gasteiger charge is -2.09. The Morgan fingerprint density at radius 2 is 2.19 bits per heavy atom. The topological polar surface area (TPSA) is 45.2 Å². The fourth-order valence-corrected chi connectivity index (χ4v) is 2.12. The zero-order valence-corrected chi connectivity index (χ0v) is 10.0. The number of para-hydroxylation sites is 1. The fourth-order valence-electron chi connectivity index (χ4n) is 1.26. The third-order valence-corrected chi connectivity index (χ3v) is 3.18. The quantitative estimate of drug-likeness (QED) is 0.882. The number of hydrogen-bond donors (Lipinski definition) is 1. The Balaban J connectivity index is 2.07. The van der Waals surface area contributed by atoms with E-state index >= 15 is 0 Å². The normalized spacial score (nSPS) is 10.4. The van der Waals surface area contributed by atoms with Crippen LogP contribution in [0.4, 0.5) is 5.13 Å². The maximum Gasteiger partial charge on any atom is 0.241 e. The number of thiazole rings is 1. The molecule has 1 aromatic heterocycles. The maximum atomic E-state index is 11.4. The van der Waals surface area contributed by atoms with E-state index in [2.05, 4.69) is 10.3 Å². The molecular weight excluding hydrogens is 222 g/mol. The standard InChI is InChI=1S/C11H13N3OS/c1-14(2)10(15)7-12-11-13-8-5-3-4-6-9(8)16-11/h3-6H,7H2,1-2H3,(H,12,13). The number of hydrogen-bond acceptors (Lipinski definition) is 4. The van der Waals surface area contributed by atoms with Crippen LogP contribution in [0.25, 0.3) is 10.2 Å². The van der Waals surface area contributed by atoms with Gasteiger partial charge in [-0.25, -0.2) is 4.98 Å². The molecule has 1 amide bonds. The van der Waals surface area contributed by atoms with E-state index in [1.54, 1.807) is 30.3 Å². The third-order valence-electron chi connectivity index (χ3n) is 2.18. The van der Waals surface area contributed by atoms with Gasteiger partial charge in [-0.15, -0.1) is 0 Å². The number of nitrogens with one attached hydrogen (secondary N) is 1. The summed E-state index contributed by atoms with van der Waals surface area (Å²) in [6.45, 7) is 0.285. The van der Waals surface area contributed by atoms with E-state index in [1.165, 1.54) is 0 Å². The van der Waals surface area contributed by atoms with Crippen molar-refractivity contribution in [1.29, 1.82) is 0 Å². The van der Waals surface area contributed by atoms with Gasteiger partial charge in [0.25, 0.3) is 0 Å². The van der Waals surface area contributed by atoms with Gasteiger partial charge in [-0.3, -0.25) is 4.79 Å². The zero-order valence-electron chi connectivity index (χ0n) is 9.23. The van der Waals surface area contributed by atoms with Gasteiger partial charge in [0.15, 0.2) is 5.13 Å². The van der Waals surface area contributed by atoms with Crippen LogP contribution in [0.1, 0.15) is 0 Å². The van der Waals surface area contributed by atoms with Crippen molar-refractivity contribution in [2.45, 2.75) is 0 Å². The molecular formula is C11H13N3OS. The molecule has 0 atom stereocenters. The third kappa shape index (κ3) is 2.30. The summed E-state index contributed by atoms with van der Waals surface area (Å²) in [5.41, 5.74) is 0.965. The summed E-state index contributed by atoms with van der Waals surface area (Å²) in [6.07, 6.45) is 0. The Morgan fingerprint density at radius 1 is 1.44 bits per heavy atom. The van der Waals surface area contributed by atoms with Crippen molar-refractivity contribution in [3.8, 4) is 0 Å². The highest BCUT2D eigenvalue weighted by Crippen LogP contribution is 2.24. The lowest BCUT2D eigenvalue weighted by molar-refractivity contribution is -0.126. The minimum Gasteiger partial charge on any atom is -0.352 e. The fraction of sp³-hybridized carbons (Fsp3) is 0.273. The van der Waals surface area contributed by atoms with Gasteiger partial charge in [0.2, 0.25) is 5.91 Å². The molecule has 0 aliphatic rings. The van der Waals surface area contributed by atoms with Crippen LogP contribution in [0.5, 0.6) is 0 Å². The van der Waals surface area contributed by atoms with Crippen molar-refractivity contribution in [1.82, 2.24) is 9.88 Å². The van der Waals surface area contributed by atoms with Crippen LogP contribution in [0, 0.1) is 0 Å². The number of amides is 1. The summed E-state index contributed by atoms with van der Waals surface area (Å²) in [7, 11) is 3.48. The van der Waals surface area contributed by atoms with Crippen molar-refractivity contribution in [3.63, 3.8) is 0 Å². The number of fused-ring (bicyclic) bond motifs is 1. The van der Waals surface area contributed by atoms with E-state index in [0.717, 1.165) is 15.3 Å². The predicted molar refractivity (Wildman–Crippen MR) is 66.8 cm³/mol. The molecule has 0 saturated heterocycles. The minimum atomic E-state index is 0.0410. The van der Waals surface area contributed by atoms with Gasteiger partial charge >= 0.3 is 0 Å². The minimum absolute atomic E-state index is 0.0410. The first-order valence-corrected chi connectivity index (χ1v) is 5.78. The van der Waals surface area contributed by atoms with E-state index in [4.69, 9.17) is 0 Å². The molecule has 1 N–H and O–H groups in total. The number of carbonyl (C=O) groups excluding carboxylic acids is 1. The van der Waals surface area contributed by atoms with Crippen LogP contribution in [0.3, 0.4) is 0 Å². The number of aromatic nitrogens is 1. The molecule has 0 saturated carbocycles. The van der Waals surface area contributed by atoms with E-state index < -0.39 is 0 Å². The monoisotopic (exact) mass is 235 g/mol. The van der Waals surface area contributed by atoms with Crippen LogP contribution in [-0.2, 0) is 4.79 Å². The van der Waals surface area contributed by atoms with E-state index in [9.17, 15) is 4.79 Å². The molecule has 0 aliphatic carbocycles. The smallest absolute Gasteiger partial charge is 0.241 e. The average Bonchev–Trinajstić information content (AvgIpc) is 2.68. The molecule has 16 heavy (non-hydrogen) atoms. The van der Waals surface area contributed by atoms with Crippen LogP contribution in [-0.4, -0.2) is 36.4 Å². The summed E-state index contributed by atoms with van der Waals surface area (Å²) >= 11 is 1.56. The van der Waals surface area contributed by atoms with Crippen LogP contribution in [0.15, 0.2) is 24.3 Å². The molecule has 2 aromatic rings. The molecule has 2 rings (SSSR count). The number of carbonyl (C=O) groups is 1. The van der Waals surface area contributed by atoms with E-state index in [1.807, 2.05) is 24.3 Å². The Labute approximate surface area is 97.9 Å². The molecule has 1 heterocycles. The first kappa shape index (κ1) is 10.9. The summed E-state index contributed by atoms with van der Waals surface area (Å²) in [5, 5.41) is 3.82. The van der Waals surface area contributed by atoms with Crippen LogP contribution < -0.4 is 5.32 Å². The predicted octanol–water partition coefficient (Wildman–Crippen LogP) is 1.80. The highest BCUT2D eigenvalue weighted by Gasteiger charge is 2.06. The van der Waals surface area contributed by atoms with Crippen molar-refractivity contribution in [2.24, 2.45) is 0 Å². The maximum absolute atomic E-state index is 11.4. The second-order valence-electron chi connectivity index (χ2n) is 3.63. The number of likely N-dealkylation sites (N-methyl/N-ethyl adjacent to an activating group) is 1. The van der Waals surface area contributed by atoms with Crippen LogP contribution >= 0.6 is 11.3 Å². The molecule has 0 spiro atoms. The molecule has 0 fully saturated rings. The number of rotatable bonds is 3. The summed E-state index contributed by atoms with van der Waals surface area (Å²) in [4.78, 5) is 17.3. The summed E-state index contributed by atoms with van der Waals surface area (Å²) in [5.74, 6) is 0.0410. The van der Waals surface area contributed by atoms with Crippen molar-refractivity contribution in [3.05, 3.63) is 24.3 Å². The molecule has 5 heteroatoms. The lowest BCUT2D eigenvalue weighted by atomic mass is 10.3. The van der Waals surface area contributed by atoms with Gasteiger partial charge in [0.1, 0.15) is 0 Å². The van der Waals surface area contributed by atoms with Crippen molar-refractivity contribution in [2.75, 3.05) is 26.0 Å². The second-order valence-corrected chi connectivity index (χ2v) is 4.66. The van der Waals surface area contributed by atoms with Gasteiger partial charge < -0.3 is 10.2 Å². The average molecular weight is 235 g/mol. The number of nitrogens with zero attached hydrogens (tertiary/aromatic N) is 2. The zero-order chi connectivity index (χ0) is 11.5. The summed E-state index contributed by atoms with van der Waals surface area (Å²) < 4.78 is 1.13. The lowest BCUT2D eigenvalue weighted by Crippen LogP contribution is -2.28. The molecule has 0 aliphatic heterocycles. The molecule has 0 bridgehead atoms. The molecule has 1 aromatic carbocycles. The first-order chi connectivity index (χ1) is 7.66. The van der Waals surface area contributed by atoms with Gasteiger partial charge in [-0.1, -0.05) is 23.5 Å². The summed E-state index contributed by atoms with van der Waals surface area (Å²) in [6, 6.07) is 7.92.